The summed E-state index contributed by atoms with van der Waals surface area (Å²) >= 11 is 1.77. The van der Waals surface area contributed by atoms with E-state index in [1.165, 1.54) is 37.2 Å². The molecule has 0 amide bonds. The number of aliphatic imine (C=N–C) groups is 1. The molecule has 1 fully saturated rings. The fourth-order valence-electron chi connectivity index (χ4n) is 2.83. The zero-order chi connectivity index (χ0) is 15.8. The first-order valence-corrected chi connectivity index (χ1v) is 9.20. The number of hydrogen-bond donors (Lipinski definition) is 2. The topological polar surface area (TPSA) is 52.6 Å². The summed E-state index contributed by atoms with van der Waals surface area (Å²) in [4.78, 5) is 12.7. The maximum atomic E-state index is 4.43. The fraction of sp³-hybridized carbons (Fsp3) is 0.750. The van der Waals surface area contributed by atoms with E-state index >= 15 is 0 Å². The smallest absolute Gasteiger partial charge is 0.191 e. The van der Waals surface area contributed by atoms with Gasteiger partial charge in [0.1, 0.15) is 5.01 Å². The van der Waals surface area contributed by atoms with Crippen LogP contribution in [-0.2, 0) is 13.0 Å². The van der Waals surface area contributed by atoms with Crippen LogP contribution in [0, 0.1) is 0 Å². The Bertz CT molecular complexity index is 471. The SMILES string of the molecule is CCc1cnc(CNC(=NC)NCC(CC)N2CCCC2)s1.I. The number of likely N-dealkylation sites (tertiary alicyclic amines) is 1. The largest absolute Gasteiger partial charge is 0.355 e. The molecule has 23 heavy (non-hydrogen) atoms. The Balaban J connectivity index is 0.00000264. The lowest BCUT2D eigenvalue weighted by molar-refractivity contribution is 0.236. The summed E-state index contributed by atoms with van der Waals surface area (Å²) in [5.74, 6) is 0.867. The average Bonchev–Trinajstić information content (AvgIpc) is 3.22. The second-order valence-electron chi connectivity index (χ2n) is 5.69. The van der Waals surface area contributed by atoms with Crippen molar-refractivity contribution in [3.8, 4) is 0 Å². The molecule has 132 valence electrons. The van der Waals surface area contributed by atoms with E-state index in [9.17, 15) is 0 Å². The molecule has 0 bridgehead atoms. The van der Waals surface area contributed by atoms with Gasteiger partial charge in [0.05, 0.1) is 6.54 Å². The van der Waals surface area contributed by atoms with Crippen molar-refractivity contribution < 1.29 is 0 Å². The van der Waals surface area contributed by atoms with Crippen LogP contribution < -0.4 is 10.6 Å². The summed E-state index contributed by atoms with van der Waals surface area (Å²) in [6.45, 7) is 8.60. The highest BCUT2D eigenvalue weighted by Gasteiger charge is 2.20. The minimum atomic E-state index is 0. The van der Waals surface area contributed by atoms with Gasteiger partial charge in [-0.1, -0.05) is 13.8 Å². The standard InChI is InChI=1S/C16H29N5S.HI/c1-4-13(21-8-6-7-9-21)10-19-16(17-3)20-12-15-18-11-14(5-2)22-15;/h11,13H,4-10,12H2,1-3H3,(H2,17,19,20);1H. The molecule has 2 rings (SSSR count). The van der Waals surface area contributed by atoms with Gasteiger partial charge >= 0.3 is 0 Å². The van der Waals surface area contributed by atoms with E-state index in [4.69, 9.17) is 0 Å². The molecule has 0 spiro atoms. The number of nitrogens with zero attached hydrogens (tertiary/aromatic N) is 3. The molecule has 0 aromatic carbocycles. The van der Waals surface area contributed by atoms with Crippen LogP contribution in [0.15, 0.2) is 11.2 Å². The van der Waals surface area contributed by atoms with Crippen molar-refractivity contribution in [2.24, 2.45) is 4.99 Å². The third kappa shape index (κ3) is 6.54. The lowest BCUT2D eigenvalue weighted by Gasteiger charge is -2.27. The van der Waals surface area contributed by atoms with Crippen molar-refractivity contribution in [3.63, 3.8) is 0 Å². The number of aryl methyl sites for hydroxylation is 1. The molecular formula is C16H30IN5S. The van der Waals surface area contributed by atoms with Crippen LogP contribution in [0.2, 0.25) is 0 Å². The zero-order valence-corrected chi connectivity index (χ0v) is 17.6. The van der Waals surface area contributed by atoms with Crippen LogP contribution >= 0.6 is 35.3 Å². The number of aromatic nitrogens is 1. The molecule has 7 heteroatoms. The highest BCUT2D eigenvalue weighted by Crippen LogP contribution is 2.14. The maximum absolute atomic E-state index is 4.43. The van der Waals surface area contributed by atoms with Crippen molar-refractivity contribution in [3.05, 3.63) is 16.1 Å². The van der Waals surface area contributed by atoms with Gasteiger partial charge in [-0.2, -0.15) is 0 Å². The van der Waals surface area contributed by atoms with Gasteiger partial charge in [0.25, 0.3) is 0 Å². The van der Waals surface area contributed by atoms with Gasteiger partial charge in [0.15, 0.2) is 5.96 Å². The number of nitrogens with one attached hydrogen (secondary N) is 2. The quantitative estimate of drug-likeness (QED) is 0.381. The molecular weight excluding hydrogens is 421 g/mol. The molecule has 1 aliphatic rings. The van der Waals surface area contributed by atoms with E-state index < -0.39 is 0 Å². The molecule has 2 heterocycles. The third-order valence-electron chi connectivity index (χ3n) is 4.21. The van der Waals surface area contributed by atoms with Crippen molar-refractivity contribution in [1.82, 2.24) is 20.5 Å². The molecule has 1 aromatic heterocycles. The van der Waals surface area contributed by atoms with Gasteiger partial charge in [-0.3, -0.25) is 9.89 Å². The summed E-state index contributed by atoms with van der Waals surface area (Å²) in [5, 5.41) is 7.94. The lowest BCUT2D eigenvalue weighted by atomic mass is 10.2. The van der Waals surface area contributed by atoms with Crippen LogP contribution in [0.25, 0.3) is 0 Å². The molecule has 1 atom stereocenters. The summed E-state index contributed by atoms with van der Waals surface area (Å²) in [6, 6.07) is 0.604. The first-order valence-electron chi connectivity index (χ1n) is 8.39. The molecule has 1 saturated heterocycles. The number of rotatable bonds is 7. The molecule has 0 aliphatic carbocycles. The van der Waals surface area contributed by atoms with E-state index in [1.54, 1.807) is 11.3 Å². The molecule has 1 aliphatic heterocycles. The minimum Gasteiger partial charge on any atom is -0.355 e. The van der Waals surface area contributed by atoms with Gasteiger partial charge in [-0.05, 0) is 38.8 Å². The number of guanidine groups is 1. The molecule has 2 N–H and O–H groups in total. The van der Waals surface area contributed by atoms with E-state index in [-0.39, 0.29) is 24.0 Å². The number of halogens is 1. The predicted octanol–water partition coefficient (Wildman–Crippen LogP) is 2.86. The monoisotopic (exact) mass is 451 g/mol. The van der Waals surface area contributed by atoms with Gasteiger partial charge in [0, 0.05) is 30.7 Å². The Kier molecular flexibility index (Phi) is 10.0. The third-order valence-corrected chi connectivity index (χ3v) is 5.36. The maximum Gasteiger partial charge on any atom is 0.191 e. The Morgan fingerprint density at radius 2 is 2.09 bits per heavy atom. The average molecular weight is 451 g/mol. The van der Waals surface area contributed by atoms with Crippen LogP contribution in [0.3, 0.4) is 0 Å². The summed E-state index contributed by atoms with van der Waals surface area (Å²) in [6.07, 6.45) is 6.88. The van der Waals surface area contributed by atoms with Crippen molar-refractivity contribution in [1.29, 1.82) is 0 Å². The molecule has 0 radical (unpaired) electrons. The first-order chi connectivity index (χ1) is 10.8. The van der Waals surface area contributed by atoms with Gasteiger partial charge < -0.3 is 10.6 Å². The van der Waals surface area contributed by atoms with E-state index in [0.29, 0.717) is 6.04 Å². The van der Waals surface area contributed by atoms with Gasteiger partial charge in [-0.25, -0.2) is 4.98 Å². The Morgan fingerprint density at radius 3 is 2.65 bits per heavy atom. The summed E-state index contributed by atoms with van der Waals surface area (Å²) < 4.78 is 0. The summed E-state index contributed by atoms with van der Waals surface area (Å²) in [7, 11) is 1.82. The zero-order valence-electron chi connectivity index (χ0n) is 14.5. The minimum absolute atomic E-state index is 0. The van der Waals surface area contributed by atoms with Crippen molar-refractivity contribution in [2.45, 2.75) is 52.1 Å². The van der Waals surface area contributed by atoms with Gasteiger partial charge in [0.2, 0.25) is 0 Å². The molecule has 1 unspecified atom stereocenters. The Hall–Kier alpha value is -0.410. The molecule has 5 nitrogen and oxygen atoms in total. The Morgan fingerprint density at radius 1 is 1.35 bits per heavy atom. The number of hydrogen-bond acceptors (Lipinski definition) is 4. The Labute approximate surface area is 161 Å². The van der Waals surface area contributed by atoms with E-state index in [0.717, 1.165) is 30.5 Å². The number of thiazole rings is 1. The van der Waals surface area contributed by atoms with Crippen LogP contribution in [0.5, 0.6) is 0 Å². The van der Waals surface area contributed by atoms with Crippen LogP contribution in [0.1, 0.15) is 43.0 Å². The lowest BCUT2D eigenvalue weighted by Crippen LogP contribution is -2.46. The molecule has 0 saturated carbocycles. The highest BCUT2D eigenvalue weighted by molar-refractivity contribution is 14.0. The predicted molar refractivity (Wildman–Crippen MR) is 110 cm³/mol. The van der Waals surface area contributed by atoms with Crippen LogP contribution in [-0.4, -0.2) is 48.6 Å². The van der Waals surface area contributed by atoms with Crippen LogP contribution in [0.4, 0.5) is 0 Å². The van der Waals surface area contributed by atoms with E-state index in [2.05, 4.69) is 39.4 Å². The first kappa shape index (κ1) is 20.6. The molecule has 1 aromatic rings. The van der Waals surface area contributed by atoms with Gasteiger partial charge in [-0.15, -0.1) is 35.3 Å². The highest BCUT2D eigenvalue weighted by atomic mass is 127. The van der Waals surface area contributed by atoms with E-state index in [1.807, 2.05) is 13.2 Å². The van der Waals surface area contributed by atoms with Crippen molar-refractivity contribution >= 4 is 41.3 Å². The summed E-state index contributed by atoms with van der Waals surface area (Å²) in [5.41, 5.74) is 0. The second kappa shape index (κ2) is 11.2. The second-order valence-corrected chi connectivity index (χ2v) is 6.89. The normalized spacial score (nSPS) is 16.9. The van der Waals surface area contributed by atoms with Crippen molar-refractivity contribution in [2.75, 3.05) is 26.7 Å². The fourth-order valence-corrected chi connectivity index (χ4v) is 3.63.